The Balaban J connectivity index is 3.36. The van der Waals surface area contributed by atoms with Crippen LogP contribution in [-0.2, 0) is 18.6 Å². The van der Waals surface area contributed by atoms with Crippen LogP contribution in [0.25, 0.3) is 0 Å². The summed E-state index contributed by atoms with van der Waals surface area (Å²) in [6, 6.07) is 0. The molecule has 0 aromatic heterocycles. The molecule has 0 saturated carbocycles. The van der Waals surface area contributed by atoms with E-state index in [1.54, 1.807) is 6.92 Å². The van der Waals surface area contributed by atoms with Crippen LogP contribution >= 0.6 is 7.82 Å². The van der Waals surface area contributed by atoms with Crippen LogP contribution in [0.15, 0.2) is 0 Å². The summed E-state index contributed by atoms with van der Waals surface area (Å²) < 4.78 is 18.9. The molecular formula is C6H13O6P. The number of carbonyl (C=O) groups is 1. The van der Waals surface area contributed by atoms with Crippen LogP contribution in [0.5, 0.6) is 0 Å². The van der Waals surface area contributed by atoms with Gasteiger partial charge < -0.3 is 14.5 Å². The first-order valence-electron chi connectivity index (χ1n) is 3.81. The van der Waals surface area contributed by atoms with Crippen molar-refractivity contribution in [1.82, 2.24) is 0 Å². The minimum Gasteiger partial charge on any atom is -0.466 e. The van der Waals surface area contributed by atoms with Gasteiger partial charge in [-0.3, -0.25) is 9.32 Å². The maximum atomic E-state index is 10.7. The van der Waals surface area contributed by atoms with Gasteiger partial charge >= 0.3 is 13.8 Å². The maximum Gasteiger partial charge on any atom is 0.469 e. The monoisotopic (exact) mass is 212 g/mol. The zero-order chi connectivity index (χ0) is 10.3. The zero-order valence-corrected chi connectivity index (χ0v) is 8.20. The predicted octanol–water partition coefficient (Wildman–Crippen LogP) is 0.439. The molecule has 0 heterocycles. The minimum atomic E-state index is -4.39. The van der Waals surface area contributed by atoms with Gasteiger partial charge in [-0.25, -0.2) is 4.57 Å². The Hall–Kier alpha value is -0.420. The van der Waals surface area contributed by atoms with Crippen LogP contribution in [0.1, 0.15) is 19.8 Å². The molecule has 13 heavy (non-hydrogen) atoms. The van der Waals surface area contributed by atoms with Crippen molar-refractivity contribution in [3.63, 3.8) is 0 Å². The van der Waals surface area contributed by atoms with E-state index in [9.17, 15) is 9.36 Å². The molecule has 0 spiro atoms. The summed E-state index contributed by atoms with van der Waals surface area (Å²) in [4.78, 5) is 27.2. The first kappa shape index (κ1) is 12.6. The van der Waals surface area contributed by atoms with E-state index in [0.29, 0.717) is 6.61 Å². The van der Waals surface area contributed by atoms with Gasteiger partial charge in [0, 0.05) is 6.42 Å². The average Bonchev–Trinajstić information content (AvgIpc) is 1.97. The summed E-state index contributed by atoms with van der Waals surface area (Å²) in [5, 5.41) is 0. The Morgan fingerprint density at radius 3 is 2.54 bits per heavy atom. The topological polar surface area (TPSA) is 93.1 Å². The number of ether oxygens (including phenoxy) is 1. The average molecular weight is 212 g/mol. The van der Waals surface area contributed by atoms with E-state index in [1.165, 1.54) is 0 Å². The molecule has 78 valence electrons. The van der Waals surface area contributed by atoms with E-state index >= 15 is 0 Å². The molecule has 0 aliphatic rings. The smallest absolute Gasteiger partial charge is 0.466 e. The molecule has 0 rings (SSSR count). The quantitative estimate of drug-likeness (QED) is 0.377. The number of phosphoric acid groups is 1. The largest absolute Gasteiger partial charge is 0.469 e. The molecular weight excluding hydrogens is 199 g/mol. The van der Waals surface area contributed by atoms with Crippen molar-refractivity contribution in [3.8, 4) is 0 Å². The fourth-order valence-corrected chi connectivity index (χ4v) is 1.00. The van der Waals surface area contributed by atoms with Crippen molar-refractivity contribution in [2.24, 2.45) is 0 Å². The second-order valence-electron chi connectivity index (χ2n) is 2.23. The van der Waals surface area contributed by atoms with Crippen molar-refractivity contribution in [1.29, 1.82) is 0 Å². The van der Waals surface area contributed by atoms with E-state index in [2.05, 4.69) is 9.26 Å². The highest BCUT2D eigenvalue weighted by atomic mass is 31.2. The molecule has 0 aliphatic heterocycles. The Morgan fingerprint density at radius 2 is 2.08 bits per heavy atom. The van der Waals surface area contributed by atoms with Gasteiger partial charge in [-0.1, -0.05) is 0 Å². The van der Waals surface area contributed by atoms with Crippen molar-refractivity contribution in [2.75, 3.05) is 13.2 Å². The number of carbonyl (C=O) groups excluding carboxylic acids is 1. The summed E-state index contributed by atoms with van der Waals surface area (Å²) in [5.74, 6) is -0.392. The van der Waals surface area contributed by atoms with Crippen molar-refractivity contribution < 1.29 is 28.4 Å². The number of esters is 1. The SMILES string of the molecule is CCOC(=O)CCCOP(=O)(O)O. The molecule has 7 heteroatoms. The molecule has 0 aromatic rings. The van der Waals surface area contributed by atoms with Crippen LogP contribution in [-0.4, -0.2) is 29.0 Å². The van der Waals surface area contributed by atoms with Crippen molar-refractivity contribution in [3.05, 3.63) is 0 Å². The fraction of sp³-hybridized carbons (Fsp3) is 0.833. The molecule has 0 amide bonds. The van der Waals surface area contributed by atoms with Gasteiger partial charge in [0.2, 0.25) is 0 Å². The highest BCUT2D eigenvalue weighted by Crippen LogP contribution is 2.35. The molecule has 0 fully saturated rings. The third kappa shape index (κ3) is 9.49. The Labute approximate surface area is 76.1 Å². The Morgan fingerprint density at radius 1 is 1.46 bits per heavy atom. The van der Waals surface area contributed by atoms with Crippen LogP contribution in [0.4, 0.5) is 0 Å². The highest BCUT2D eigenvalue weighted by Gasteiger charge is 2.13. The lowest BCUT2D eigenvalue weighted by molar-refractivity contribution is -0.143. The van der Waals surface area contributed by atoms with E-state index in [-0.39, 0.29) is 19.4 Å². The van der Waals surface area contributed by atoms with E-state index < -0.39 is 13.8 Å². The maximum absolute atomic E-state index is 10.7. The van der Waals surface area contributed by atoms with Gasteiger partial charge in [0.05, 0.1) is 13.2 Å². The summed E-state index contributed by atoms with van der Waals surface area (Å²) in [5.41, 5.74) is 0. The highest BCUT2D eigenvalue weighted by molar-refractivity contribution is 7.46. The standard InChI is InChI=1S/C6H13O6P/c1-2-11-6(7)4-3-5-12-13(8,9)10/h2-5H2,1H3,(H2,8,9,10). The predicted molar refractivity (Wildman–Crippen MR) is 43.9 cm³/mol. The lowest BCUT2D eigenvalue weighted by Crippen LogP contribution is -2.05. The molecule has 0 atom stereocenters. The number of phosphoric ester groups is 1. The van der Waals surface area contributed by atoms with E-state index in [1.807, 2.05) is 0 Å². The molecule has 6 nitrogen and oxygen atoms in total. The lowest BCUT2D eigenvalue weighted by atomic mass is 10.3. The second kappa shape index (κ2) is 6.10. The third-order valence-corrected chi connectivity index (χ3v) is 1.61. The van der Waals surface area contributed by atoms with Crippen LogP contribution in [0.2, 0.25) is 0 Å². The Kier molecular flexibility index (Phi) is 5.90. The second-order valence-corrected chi connectivity index (χ2v) is 3.47. The number of hydrogen-bond acceptors (Lipinski definition) is 4. The fourth-order valence-electron chi connectivity index (χ4n) is 0.633. The van der Waals surface area contributed by atoms with Gasteiger partial charge in [-0.2, -0.15) is 0 Å². The molecule has 0 unspecified atom stereocenters. The molecule has 0 aliphatic carbocycles. The minimum absolute atomic E-state index is 0.105. The molecule has 0 saturated heterocycles. The van der Waals surface area contributed by atoms with Gasteiger partial charge in [-0.05, 0) is 13.3 Å². The summed E-state index contributed by atoms with van der Waals surface area (Å²) in [6.07, 6.45) is 0.345. The molecule has 0 radical (unpaired) electrons. The first-order chi connectivity index (χ1) is 5.95. The third-order valence-electron chi connectivity index (χ3n) is 1.09. The molecule has 0 aromatic carbocycles. The van der Waals surface area contributed by atoms with Crippen LogP contribution < -0.4 is 0 Å². The van der Waals surface area contributed by atoms with Gasteiger partial charge in [0.25, 0.3) is 0 Å². The van der Waals surface area contributed by atoms with Gasteiger partial charge in [0.15, 0.2) is 0 Å². The van der Waals surface area contributed by atoms with Gasteiger partial charge in [0.1, 0.15) is 0 Å². The van der Waals surface area contributed by atoms with Crippen molar-refractivity contribution >= 4 is 13.8 Å². The van der Waals surface area contributed by atoms with Crippen LogP contribution in [0.3, 0.4) is 0 Å². The summed E-state index contributed by atoms with van der Waals surface area (Å²) in [6.45, 7) is 1.84. The van der Waals surface area contributed by atoms with E-state index in [4.69, 9.17) is 9.79 Å². The molecule has 0 bridgehead atoms. The zero-order valence-electron chi connectivity index (χ0n) is 7.30. The van der Waals surface area contributed by atoms with Crippen molar-refractivity contribution in [2.45, 2.75) is 19.8 Å². The lowest BCUT2D eigenvalue weighted by Gasteiger charge is -2.04. The first-order valence-corrected chi connectivity index (χ1v) is 5.34. The summed E-state index contributed by atoms with van der Waals surface area (Å²) >= 11 is 0. The van der Waals surface area contributed by atoms with Crippen LogP contribution in [0, 0.1) is 0 Å². The Bertz CT molecular complexity index is 197. The number of rotatable bonds is 6. The molecule has 2 N–H and O–H groups in total. The van der Waals surface area contributed by atoms with Gasteiger partial charge in [-0.15, -0.1) is 0 Å². The number of hydrogen-bond donors (Lipinski definition) is 2. The normalized spacial score (nSPS) is 11.3. The summed E-state index contributed by atoms with van der Waals surface area (Å²) in [7, 11) is -4.39. The van der Waals surface area contributed by atoms with E-state index in [0.717, 1.165) is 0 Å².